The number of aryl methyl sites for hydroxylation is 2. The van der Waals surface area contributed by atoms with Crippen molar-refractivity contribution in [2.45, 2.75) is 65.0 Å². The third kappa shape index (κ3) is 2.90. The van der Waals surface area contributed by atoms with Crippen LogP contribution in [0.2, 0.25) is 0 Å². The molecule has 2 rings (SSSR count). The molecule has 2 N–H and O–H groups in total. The zero-order valence-corrected chi connectivity index (χ0v) is 13.0. The number of hydrogen-bond acceptors (Lipinski definition) is 3. The molecule has 1 aliphatic rings. The van der Waals surface area contributed by atoms with Crippen LogP contribution in [-0.2, 0) is 4.79 Å². The summed E-state index contributed by atoms with van der Waals surface area (Å²) in [6.45, 7) is 8.96. The van der Waals surface area contributed by atoms with Crippen LogP contribution < -0.4 is 10.6 Å². The normalized spacial score (nSPS) is 23.8. The van der Waals surface area contributed by atoms with Crippen LogP contribution in [0.4, 0.5) is 0 Å². The summed E-state index contributed by atoms with van der Waals surface area (Å²) in [7, 11) is 0. The van der Waals surface area contributed by atoms with Gasteiger partial charge in [0, 0.05) is 5.56 Å². The maximum absolute atomic E-state index is 12.7. The molecule has 20 heavy (non-hydrogen) atoms. The molecule has 2 heterocycles. The smallest absolute Gasteiger partial charge is 0.240 e. The van der Waals surface area contributed by atoms with Gasteiger partial charge in [-0.2, -0.15) is 0 Å². The fourth-order valence-electron chi connectivity index (χ4n) is 3.25. The van der Waals surface area contributed by atoms with Gasteiger partial charge in [-0.05, 0) is 52.6 Å². The lowest BCUT2D eigenvalue weighted by atomic mass is 9.90. The Morgan fingerprint density at radius 1 is 1.55 bits per heavy atom. The Hall–Kier alpha value is -1.29. The Kier molecular flexibility index (Phi) is 4.53. The lowest BCUT2D eigenvalue weighted by molar-refractivity contribution is -0.128. The third-order valence-corrected chi connectivity index (χ3v) is 4.25. The molecule has 2 atom stereocenters. The number of carbonyl (C=O) groups is 1. The van der Waals surface area contributed by atoms with Crippen molar-refractivity contribution >= 4 is 5.91 Å². The van der Waals surface area contributed by atoms with Crippen LogP contribution in [0.3, 0.4) is 0 Å². The van der Waals surface area contributed by atoms with E-state index in [1.165, 1.54) is 0 Å². The van der Waals surface area contributed by atoms with Crippen LogP contribution in [0.15, 0.2) is 10.5 Å². The molecule has 2 unspecified atom stereocenters. The summed E-state index contributed by atoms with van der Waals surface area (Å²) in [5, 5.41) is 6.57. The summed E-state index contributed by atoms with van der Waals surface area (Å²) in [5.41, 5.74) is 0.705. The molecule has 1 aliphatic heterocycles. The van der Waals surface area contributed by atoms with Gasteiger partial charge in [-0.3, -0.25) is 4.79 Å². The average molecular weight is 278 g/mol. The first-order chi connectivity index (χ1) is 9.48. The fraction of sp³-hybridized carbons (Fsp3) is 0.688. The number of rotatable bonds is 5. The van der Waals surface area contributed by atoms with Gasteiger partial charge in [0.2, 0.25) is 5.91 Å². The Morgan fingerprint density at radius 3 is 2.80 bits per heavy atom. The third-order valence-electron chi connectivity index (χ3n) is 4.25. The SMILES string of the molecule is CCCC1(C(=O)NC(C)c2cc(C)oc2C)CCCN1. The topological polar surface area (TPSA) is 54.3 Å². The predicted octanol–water partition coefficient (Wildman–Crippen LogP) is 3.00. The summed E-state index contributed by atoms with van der Waals surface area (Å²) in [5.74, 6) is 1.91. The molecule has 4 heteroatoms. The van der Waals surface area contributed by atoms with E-state index >= 15 is 0 Å². The van der Waals surface area contributed by atoms with E-state index in [1.807, 2.05) is 26.8 Å². The molecule has 0 aromatic carbocycles. The summed E-state index contributed by atoms with van der Waals surface area (Å²) in [6.07, 6.45) is 3.92. The molecule has 0 aliphatic carbocycles. The second kappa shape index (κ2) is 6.00. The average Bonchev–Trinajstić information content (AvgIpc) is 2.97. The molecule has 1 fully saturated rings. The highest BCUT2D eigenvalue weighted by Gasteiger charge is 2.40. The zero-order chi connectivity index (χ0) is 14.8. The largest absolute Gasteiger partial charge is 0.466 e. The first-order valence-electron chi connectivity index (χ1n) is 7.61. The van der Waals surface area contributed by atoms with E-state index in [0.29, 0.717) is 0 Å². The molecule has 1 aromatic rings. The van der Waals surface area contributed by atoms with Gasteiger partial charge in [-0.1, -0.05) is 13.3 Å². The lowest BCUT2D eigenvalue weighted by Crippen LogP contribution is -2.53. The molecule has 0 spiro atoms. The lowest BCUT2D eigenvalue weighted by Gasteiger charge is -2.29. The number of nitrogens with one attached hydrogen (secondary N) is 2. The zero-order valence-electron chi connectivity index (χ0n) is 13.0. The van der Waals surface area contributed by atoms with Crippen LogP contribution in [0.25, 0.3) is 0 Å². The van der Waals surface area contributed by atoms with Crippen molar-refractivity contribution in [2.24, 2.45) is 0 Å². The Labute approximate surface area is 121 Å². The maximum atomic E-state index is 12.7. The maximum Gasteiger partial charge on any atom is 0.240 e. The predicted molar refractivity (Wildman–Crippen MR) is 79.6 cm³/mol. The number of carbonyl (C=O) groups excluding carboxylic acids is 1. The molecule has 1 aromatic heterocycles. The molecular formula is C16H26N2O2. The minimum Gasteiger partial charge on any atom is -0.466 e. The highest BCUT2D eigenvalue weighted by atomic mass is 16.3. The van der Waals surface area contributed by atoms with Crippen molar-refractivity contribution in [1.82, 2.24) is 10.6 Å². The highest BCUT2D eigenvalue weighted by molar-refractivity contribution is 5.87. The van der Waals surface area contributed by atoms with E-state index in [9.17, 15) is 4.79 Å². The molecular weight excluding hydrogens is 252 g/mol. The molecule has 0 bridgehead atoms. The minimum absolute atomic E-state index is 0.0175. The van der Waals surface area contributed by atoms with Gasteiger partial charge in [-0.15, -0.1) is 0 Å². The second-order valence-electron chi connectivity index (χ2n) is 5.93. The fourth-order valence-corrected chi connectivity index (χ4v) is 3.25. The van der Waals surface area contributed by atoms with Crippen molar-refractivity contribution in [3.63, 3.8) is 0 Å². The van der Waals surface area contributed by atoms with Crippen molar-refractivity contribution in [3.05, 3.63) is 23.2 Å². The molecule has 112 valence electrons. The summed E-state index contributed by atoms with van der Waals surface area (Å²) < 4.78 is 5.55. The van der Waals surface area contributed by atoms with Gasteiger partial charge in [0.05, 0.1) is 11.6 Å². The van der Waals surface area contributed by atoms with Crippen molar-refractivity contribution < 1.29 is 9.21 Å². The summed E-state index contributed by atoms with van der Waals surface area (Å²) in [6, 6.07) is 1.99. The van der Waals surface area contributed by atoms with Gasteiger partial charge in [0.1, 0.15) is 11.5 Å². The first kappa shape index (κ1) is 15.1. The van der Waals surface area contributed by atoms with E-state index in [-0.39, 0.29) is 17.5 Å². The molecule has 1 amide bonds. The van der Waals surface area contributed by atoms with Gasteiger partial charge >= 0.3 is 0 Å². The molecule has 4 nitrogen and oxygen atoms in total. The van der Waals surface area contributed by atoms with Crippen LogP contribution in [0, 0.1) is 13.8 Å². The second-order valence-corrected chi connectivity index (χ2v) is 5.93. The van der Waals surface area contributed by atoms with E-state index in [1.54, 1.807) is 0 Å². The summed E-state index contributed by atoms with van der Waals surface area (Å²) in [4.78, 5) is 12.7. The number of furan rings is 1. The van der Waals surface area contributed by atoms with Crippen LogP contribution in [0.1, 0.15) is 62.7 Å². The van der Waals surface area contributed by atoms with E-state index in [4.69, 9.17) is 4.42 Å². The van der Waals surface area contributed by atoms with E-state index < -0.39 is 0 Å². The molecule has 0 saturated carbocycles. The number of hydrogen-bond donors (Lipinski definition) is 2. The highest BCUT2D eigenvalue weighted by Crippen LogP contribution is 2.27. The van der Waals surface area contributed by atoms with Crippen LogP contribution in [0.5, 0.6) is 0 Å². The Balaban J connectivity index is 2.08. The van der Waals surface area contributed by atoms with Crippen molar-refractivity contribution in [1.29, 1.82) is 0 Å². The standard InChI is InChI=1S/C16H26N2O2/c1-5-7-16(8-6-9-17-16)15(19)18-12(3)14-10-11(2)20-13(14)4/h10,12,17H,5-9H2,1-4H3,(H,18,19). The van der Waals surface area contributed by atoms with Crippen LogP contribution in [-0.4, -0.2) is 18.0 Å². The van der Waals surface area contributed by atoms with E-state index in [2.05, 4.69) is 17.6 Å². The molecule has 0 radical (unpaired) electrons. The molecule has 1 saturated heterocycles. The van der Waals surface area contributed by atoms with E-state index in [0.717, 1.165) is 49.3 Å². The monoisotopic (exact) mass is 278 g/mol. The van der Waals surface area contributed by atoms with Crippen molar-refractivity contribution in [3.8, 4) is 0 Å². The minimum atomic E-state index is -0.365. The Bertz CT molecular complexity index is 473. The number of amides is 1. The summed E-state index contributed by atoms with van der Waals surface area (Å²) >= 11 is 0. The van der Waals surface area contributed by atoms with Crippen molar-refractivity contribution in [2.75, 3.05) is 6.54 Å². The van der Waals surface area contributed by atoms with Gasteiger partial charge in [0.25, 0.3) is 0 Å². The van der Waals surface area contributed by atoms with Gasteiger partial charge in [-0.25, -0.2) is 0 Å². The van der Waals surface area contributed by atoms with Gasteiger partial charge in [0.15, 0.2) is 0 Å². The quantitative estimate of drug-likeness (QED) is 0.870. The van der Waals surface area contributed by atoms with Gasteiger partial charge < -0.3 is 15.1 Å². The Morgan fingerprint density at radius 2 is 2.30 bits per heavy atom. The van der Waals surface area contributed by atoms with Crippen LogP contribution >= 0.6 is 0 Å². The first-order valence-corrected chi connectivity index (χ1v) is 7.61.